The molecule has 3 heterocycles. The molecular formula is C18H19N3O2. The Morgan fingerprint density at radius 1 is 1.13 bits per heavy atom. The van der Waals surface area contributed by atoms with Crippen LogP contribution in [0.5, 0.6) is 0 Å². The van der Waals surface area contributed by atoms with E-state index in [1.165, 1.54) is 5.56 Å². The maximum Gasteiger partial charge on any atom is 0.129 e. The van der Waals surface area contributed by atoms with E-state index in [0.29, 0.717) is 6.54 Å². The Kier molecular flexibility index (Phi) is 3.81. The Hall–Kier alpha value is -2.24. The van der Waals surface area contributed by atoms with Gasteiger partial charge in [0.25, 0.3) is 0 Å². The molecule has 2 aliphatic heterocycles. The monoisotopic (exact) mass is 309 g/mol. The highest BCUT2D eigenvalue weighted by Gasteiger charge is 2.19. The first-order valence-corrected chi connectivity index (χ1v) is 7.92. The smallest absolute Gasteiger partial charge is 0.129 e. The van der Waals surface area contributed by atoms with Crippen LogP contribution in [-0.4, -0.2) is 42.1 Å². The molecule has 1 aromatic carbocycles. The first-order chi connectivity index (χ1) is 11.3. The van der Waals surface area contributed by atoms with E-state index in [1.54, 1.807) is 0 Å². The van der Waals surface area contributed by atoms with Crippen molar-refractivity contribution in [3.63, 3.8) is 0 Å². The van der Waals surface area contributed by atoms with E-state index >= 15 is 0 Å². The molecule has 1 N–H and O–H groups in total. The Balaban J connectivity index is 1.67. The molecule has 0 spiro atoms. The van der Waals surface area contributed by atoms with Gasteiger partial charge in [-0.2, -0.15) is 0 Å². The van der Waals surface area contributed by atoms with Crippen LogP contribution in [0.2, 0.25) is 0 Å². The minimum Gasteiger partial charge on any atom is -0.392 e. The fourth-order valence-corrected chi connectivity index (χ4v) is 3.11. The van der Waals surface area contributed by atoms with Gasteiger partial charge in [-0.1, -0.05) is 12.1 Å². The van der Waals surface area contributed by atoms with Crippen LogP contribution < -0.4 is 4.90 Å². The molecule has 1 aromatic heterocycles. The summed E-state index contributed by atoms with van der Waals surface area (Å²) in [5, 5.41) is 9.37. The number of aliphatic hydroxyl groups excluding tert-OH is 1. The molecule has 0 aliphatic carbocycles. The van der Waals surface area contributed by atoms with Gasteiger partial charge in [0, 0.05) is 30.4 Å². The Bertz CT molecular complexity index is 752. The number of benzene rings is 1. The summed E-state index contributed by atoms with van der Waals surface area (Å²) in [6, 6.07) is 10.2. The number of pyridine rings is 1. The minimum absolute atomic E-state index is 0.0515. The van der Waals surface area contributed by atoms with Crippen molar-refractivity contribution in [1.82, 2.24) is 4.98 Å². The molecule has 0 saturated carbocycles. The second-order valence-corrected chi connectivity index (χ2v) is 5.82. The van der Waals surface area contributed by atoms with Crippen LogP contribution in [0.1, 0.15) is 22.3 Å². The molecule has 0 amide bonds. The van der Waals surface area contributed by atoms with Gasteiger partial charge in [0.05, 0.1) is 32.1 Å². The van der Waals surface area contributed by atoms with Gasteiger partial charge in [-0.25, -0.2) is 4.98 Å². The molecule has 118 valence electrons. The quantitative estimate of drug-likeness (QED) is 0.938. The lowest BCUT2D eigenvalue weighted by molar-refractivity contribution is 0.122. The van der Waals surface area contributed by atoms with E-state index in [4.69, 9.17) is 9.73 Å². The molecule has 0 bridgehead atoms. The second-order valence-electron chi connectivity index (χ2n) is 5.82. The lowest BCUT2D eigenvalue weighted by Crippen LogP contribution is -2.36. The number of nitrogens with zero attached hydrogens (tertiary/aromatic N) is 3. The van der Waals surface area contributed by atoms with Gasteiger partial charge in [0.15, 0.2) is 0 Å². The van der Waals surface area contributed by atoms with Crippen LogP contribution in [0.3, 0.4) is 0 Å². The van der Waals surface area contributed by atoms with E-state index in [2.05, 4.69) is 22.0 Å². The van der Waals surface area contributed by atoms with Crippen molar-refractivity contribution in [2.75, 3.05) is 31.2 Å². The number of rotatable bonds is 3. The zero-order valence-corrected chi connectivity index (χ0v) is 12.9. The lowest BCUT2D eigenvalue weighted by Gasteiger charge is -2.28. The standard InChI is InChI=1S/C18H19N3O2/c22-12-13-1-2-15-11-20-18(16(15)9-13)14-3-4-19-17(10-14)21-5-7-23-8-6-21/h1-4,9-10,22H,5-8,11-12H2. The van der Waals surface area contributed by atoms with Gasteiger partial charge in [-0.15, -0.1) is 0 Å². The van der Waals surface area contributed by atoms with Crippen LogP contribution in [0.25, 0.3) is 0 Å². The molecule has 2 aliphatic rings. The Morgan fingerprint density at radius 3 is 2.83 bits per heavy atom. The molecule has 0 atom stereocenters. The highest BCUT2D eigenvalue weighted by Crippen LogP contribution is 2.26. The average molecular weight is 309 g/mol. The van der Waals surface area contributed by atoms with Gasteiger partial charge in [0.1, 0.15) is 5.82 Å². The molecule has 1 fully saturated rings. The number of fused-ring (bicyclic) bond motifs is 1. The predicted octanol–water partition coefficient (Wildman–Crippen LogP) is 1.76. The van der Waals surface area contributed by atoms with Gasteiger partial charge in [-0.3, -0.25) is 4.99 Å². The van der Waals surface area contributed by atoms with Crippen molar-refractivity contribution in [3.8, 4) is 0 Å². The van der Waals surface area contributed by atoms with Crippen LogP contribution in [0.4, 0.5) is 5.82 Å². The second kappa shape index (κ2) is 6.10. The number of morpholine rings is 1. The summed E-state index contributed by atoms with van der Waals surface area (Å²) in [4.78, 5) is 11.4. The number of aromatic nitrogens is 1. The van der Waals surface area contributed by atoms with Crippen LogP contribution in [-0.2, 0) is 17.9 Å². The minimum atomic E-state index is 0.0515. The molecule has 2 aromatic rings. The number of hydrogen-bond donors (Lipinski definition) is 1. The lowest BCUT2D eigenvalue weighted by atomic mass is 9.98. The van der Waals surface area contributed by atoms with Crippen molar-refractivity contribution >= 4 is 11.5 Å². The highest BCUT2D eigenvalue weighted by atomic mass is 16.5. The highest BCUT2D eigenvalue weighted by molar-refractivity contribution is 6.15. The first-order valence-electron chi connectivity index (χ1n) is 7.92. The van der Waals surface area contributed by atoms with Crippen molar-refractivity contribution in [2.24, 2.45) is 4.99 Å². The topological polar surface area (TPSA) is 58.0 Å². The average Bonchev–Trinajstić information content (AvgIpc) is 3.05. The first kappa shape index (κ1) is 14.4. The van der Waals surface area contributed by atoms with Gasteiger partial charge in [0.2, 0.25) is 0 Å². The number of aliphatic imine (C=N–C) groups is 1. The summed E-state index contributed by atoms with van der Waals surface area (Å²) < 4.78 is 5.41. The predicted molar refractivity (Wildman–Crippen MR) is 89.0 cm³/mol. The fraction of sp³-hybridized carbons (Fsp3) is 0.333. The number of hydrogen-bond acceptors (Lipinski definition) is 5. The molecule has 5 heteroatoms. The number of aliphatic hydroxyl groups is 1. The van der Waals surface area contributed by atoms with E-state index in [1.807, 2.05) is 24.4 Å². The van der Waals surface area contributed by atoms with E-state index < -0.39 is 0 Å². The van der Waals surface area contributed by atoms with E-state index in [-0.39, 0.29) is 6.61 Å². The maximum absolute atomic E-state index is 9.37. The van der Waals surface area contributed by atoms with Crippen molar-refractivity contribution in [2.45, 2.75) is 13.2 Å². The van der Waals surface area contributed by atoms with Crippen LogP contribution >= 0.6 is 0 Å². The van der Waals surface area contributed by atoms with Gasteiger partial charge < -0.3 is 14.7 Å². The maximum atomic E-state index is 9.37. The Labute approximate surface area is 135 Å². The molecule has 23 heavy (non-hydrogen) atoms. The largest absolute Gasteiger partial charge is 0.392 e. The Morgan fingerprint density at radius 2 is 2.00 bits per heavy atom. The number of ether oxygens (including phenoxy) is 1. The normalized spacial score (nSPS) is 17.1. The fourth-order valence-electron chi connectivity index (χ4n) is 3.11. The molecule has 1 saturated heterocycles. The van der Waals surface area contributed by atoms with Gasteiger partial charge in [-0.05, 0) is 29.3 Å². The summed E-state index contributed by atoms with van der Waals surface area (Å²) in [5.74, 6) is 0.972. The molecule has 0 unspecified atom stereocenters. The summed E-state index contributed by atoms with van der Waals surface area (Å²) in [5.41, 5.74) is 5.32. The van der Waals surface area contributed by atoms with Crippen LogP contribution in [0, 0.1) is 0 Å². The van der Waals surface area contributed by atoms with Crippen LogP contribution in [0.15, 0.2) is 41.5 Å². The third kappa shape index (κ3) is 2.73. The van der Waals surface area contributed by atoms with E-state index in [9.17, 15) is 5.11 Å². The SMILES string of the molecule is OCc1ccc2c(c1)C(c1ccnc(N3CCOCC3)c1)=NC2. The zero-order chi connectivity index (χ0) is 15.6. The van der Waals surface area contributed by atoms with Crippen molar-refractivity contribution in [1.29, 1.82) is 0 Å². The summed E-state index contributed by atoms with van der Waals surface area (Å²) in [7, 11) is 0. The van der Waals surface area contributed by atoms with E-state index in [0.717, 1.165) is 54.5 Å². The molecule has 5 nitrogen and oxygen atoms in total. The van der Waals surface area contributed by atoms with Crippen molar-refractivity contribution < 1.29 is 9.84 Å². The molecule has 4 rings (SSSR count). The zero-order valence-electron chi connectivity index (χ0n) is 12.9. The summed E-state index contributed by atoms with van der Waals surface area (Å²) in [6.45, 7) is 3.98. The summed E-state index contributed by atoms with van der Waals surface area (Å²) >= 11 is 0. The molecule has 0 radical (unpaired) electrons. The molecular weight excluding hydrogens is 290 g/mol. The van der Waals surface area contributed by atoms with Gasteiger partial charge >= 0.3 is 0 Å². The van der Waals surface area contributed by atoms with Crippen molar-refractivity contribution in [3.05, 3.63) is 58.8 Å². The number of anilines is 1. The third-order valence-electron chi connectivity index (χ3n) is 4.37. The third-order valence-corrected chi connectivity index (χ3v) is 4.37. The summed E-state index contributed by atoms with van der Waals surface area (Å²) in [6.07, 6.45) is 1.84.